The van der Waals surface area contributed by atoms with Crippen molar-refractivity contribution in [3.05, 3.63) is 59.8 Å². The summed E-state index contributed by atoms with van der Waals surface area (Å²) in [6.07, 6.45) is -2.42. The van der Waals surface area contributed by atoms with Gasteiger partial charge in [0.2, 0.25) is 5.91 Å². The van der Waals surface area contributed by atoms with Gasteiger partial charge in [-0.15, -0.1) is 0 Å². The molecule has 0 spiro atoms. The van der Waals surface area contributed by atoms with Crippen LogP contribution in [0.2, 0.25) is 0 Å². The number of nitrogens with zero attached hydrogens (tertiary/aromatic N) is 2. The number of carbonyl (C=O) groups is 2. The number of pyridine rings is 1. The zero-order chi connectivity index (χ0) is 20.1. The zero-order valence-electron chi connectivity index (χ0n) is 15.0. The number of alkyl halides is 3. The third kappa shape index (κ3) is 5.13. The molecule has 0 bridgehead atoms. The van der Waals surface area contributed by atoms with Crippen molar-refractivity contribution in [3.8, 4) is 0 Å². The van der Waals surface area contributed by atoms with Crippen molar-refractivity contribution in [2.24, 2.45) is 5.92 Å². The Kier molecular flexibility index (Phi) is 6.39. The lowest BCUT2D eigenvalue weighted by molar-refractivity contribution is -0.138. The van der Waals surface area contributed by atoms with E-state index in [2.05, 4.69) is 4.98 Å². The fraction of sp³-hybridized carbons (Fsp3) is 0.350. The summed E-state index contributed by atoms with van der Waals surface area (Å²) in [6, 6.07) is 11.4. The highest BCUT2D eigenvalue weighted by atomic mass is 32.2. The molecular formula is C20H19F3N2O2S. The summed E-state index contributed by atoms with van der Waals surface area (Å²) in [7, 11) is 0. The van der Waals surface area contributed by atoms with Crippen LogP contribution in [0.25, 0.3) is 0 Å². The van der Waals surface area contributed by atoms with Gasteiger partial charge in [0.15, 0.2) is 5.78 Å². The van der Waals surface area contributed by atoms with Gasteiger partial charge in [0.05, 0.1) is 16.3 Å². The van der Waals surface area contributed by atoms with E-state index in [1.165, 1.54) is 6.07 Å². The fourth-order valence-electron chi connectivity index (χ4n) is 3.09. The minimum atomic E-state index is -4.42. The van der Waals surface area contributed by atoms with Crippen molar-refractivity contribution < 1.29 is 22.8 Å². The van der Waals surface area contributed by atoms with Crippen LogP contribution in [0.3, 0.4) is 0 Å². The van der Waals surface area contributed by atoms with Gasteiger partial charge in [-0.1, -0.05) is 42.1 Å². The van der Waals surface area contributed by atoms with E-state index in [1.807, 2.05) is 18.2 Å². The molecule has 4 nitrogen and oxygen atoms in total. The molecule has 1 aromatic heterocycles. The fourth-order valence-corrected chi connectivity index (χ4v) is 3.83. The molecule has 0 saturated carbocycles. The number of Topliss-reactive ketones (excluding diaryl/α,β-unsaturated/α-hetero) is 1. The summed E-state index contributed by atoms with van der Waals surface area (Å²) in [6.45, 7) is 1.01. The Bertz CT molecular complexity index is 818. The van der Waals surface area contributed by atoms with Crippen LogP contribution < -0.4 is 0 Å². The number of thioether (sulfide) groups is 1. The van der Waals surface area contributed by atoms with Crippen LogP contribution in [0.4, 0.5) is 13.2 Å². The van der Waals surface area contributed by atoms with Gasteiger partial charge in [-0.2, -0.15) is 13.2 Å². The van der Waals surface area contributed by atoms with Crippen LogP contribution in [0.5, 0.6) is 0 Å². The van der Waals surface area contributed by atoms with Crippen molar-refractivity contribution in [3.63, 3.8) is 0 Å². The minimum Gasteiger partial charge on any atom is -0.342 e. The Hall–Kier alpha value is -2.35. The molecule has 0 N–H and O–H groups in total. The largest absolute Gasteiger partial charge is 0.417 e. The number of halogens is 3. The summed E-state index contributed by atoms with van der Waals surface area (Å²) in [4.78, 5) is 30.3. The van der Waals surface area contributed by atoms with Crippen LogP contribution in [0.1, 0.15) is 28.8 Å². The van der Waals surface area contributed by atoms with Gasteiger partial charge < -0.3 is 4.90 Å². The first-order valence-corrected chi connectivity index (χ1v) is 9.86. The third-order valence-corrected chi connectivity index (χ3v) is 5.61. The Balaban J connectivity index is 1.47. The number of carbonyl (C=O) groups excluding carboxylic acids is 2. The van der Waals surface area contributed by atoms with E-state index in [-0.39, 0.29) is 23.4 Å². The number of benzene rings is 1. The van der Waals surface area contributed by atoms with Gasteiger partial charge >= 0.3 is 6.18 Å². The van der Waals surface area contributed by atoms with Crippen molar-refractivity contribution in [1.82, 2.24) is 9.88 Å². The molecule has 0 atom stereocenters. The van der Waals surface area contributed by atoms with Crippen LogP contribution in [0.15, 0.2) is 53.7 Å². The second-order valence-electron chi connectivity index (χ2n) is 6.56. The third-order valence-electron chi connectivity index (χ3n) is 4.68. The number of piperidine rings is 1. The summed E-state index contributed by atoms with van der Waals surface area (Å²) in [5.41, 5.74) is -0.121. The molecule has 2 aromatic rings. The topological polar surface area (TPSA) is 50.3 Å². The molecule has 1 aliphatic heterocycles. The molecule has 1 fully saturated rings. The molecule has 148 valence electrons. The molecule has 0 aliphatic carbocycles. The maximum atomic E-state index is 12.5. The van der Waals surface area contributed by atoms with E-state index in [0.29, 0.717) is 36.5 Å². The number of amides is 1. The summed E-state index contributed by atoms with van der Waals surface area (Å²) >= 11 is 1.11. The van der Waals surface area contributed by atoms with Crippen LogP contribution in [0, 0.1) is 5.92 Å². The number of likely N-dealkylation sites (tertiary alicyclic amines) is 1. The number of rotatable bonds is 5. The quantitative estimate of drug-likeness (QED) is 0.546. The van der Waals surface area contributed by atoms with E-state index in [0.717, 1.165) is 24.0 Å². The SMILES string of the molecule is O=C(c1ccccc1)C1CCN(C(=O)CSc2ccc(C(F)(F)F)cn2)CC1. The highest BCUT2D eigenvalue weighted by Gasteiger charge is 2.31. The van der Waals surface area contributed by atoms with Gasteiger partial charge in [-0.3, -0.25) is 9.59 Å². The second-order valence-corrected chi connectivity index (χ2v) is 7.55. The average molecular weight is 408 g/mol. The predicted octanol–water partition coefficient (Wildman–Crippen LogP) is 4.31. The number of hydrogen-bond donors (Lipinski definition) is 0. The zero-order valence-corrected chi connectivity index (χ0v) is 15.8. The number of aromatic nitrogens is 1. The van der Waals surface area contributed by atoms with Gasteiger partial charge in [0.1, 0.15) is 0 Å². The molecular weight excluding hydrogens is 389 g/mol. The highest BCUT2D eigenvalue weighted by molar-refractivity contribution is 7.99. The second kappa shape index (κ2) is 8.77. The van der Waals surface area contributed by atoms with Crippen LogP contribution in [-0.2, 0) is 11.0 Å². The van der Waals surface area contributed by atoms with E-state index < -0.39 is 11.7 Å². The maximum absolute atomic E-state index is 12.5. The summed E-state index contributed by atoms with van der Waals surface area (Å²) in [5.74, 6) is 0.0272. The molecule has 3 rings (SSSR count). The Labute approximate surface area is 165 Å². The first-order chi connectivity index (χ1) is 13.3. The van der Waals surface area contributed by atoms with Crippen LogP contribution >= 0.6 is 11.8 Å². The first kappa shape index (κ1) is 20.4. The Morgan fingerprint density at radius 1 is 1.07 bits per heavy atom. The lowest BCUT2D eigenvalue weighted by Gasteiger charge is -2.31. The van der Waals surface area contributed by atoms with Gasteiger partial charge in [-0.25, -0.2) is 4.98 Å². The normalized spacial score (nSPS) is 15.5. The number of ketones is 1. The molecule has 1 saturated heterocycles. The lowest BCUT2D eigenvalue weighted by atomic mass is 9.89. The molecule has 2 heterocycles. The van der Waals surface area contributed by atoms with E-state index >= 15 is 0 Å². The molecule has 28 heavy (non-hydrogen) atoms. The molecule has 8 heteroatoms. The van der Waals surface area contributed by atoms with Crippen molar-refractivity contribution >= 4 is 23.5 Å². The summed E-state index contributed by atoms with van der Waals surface area (Å²) in [5, 5.41) is 0.371. The van der Waals surface area contributed by atoms with Crippen molar-refractivity contribution in [2.45, 2.75) is 24.0 Å². The monoisotopic (exact) mass is 408 g/mol. The van der Waals surface area contributed by atoms with E-state index in [1.54, 1.807) is 17.0 Å². The molecule has 1 aliphatic rings. The minimum absolute atomic E-state index is 0.0873. The van der Waals surface area contributed by atoms with Crippen molar-refractivity contribution in [1.29, 1.82) is 0 Å². The number of hydrogen-bond acceptors (Lipinski definition) is 4. The van der Waals surface area contributed by atoms with Gasteiger partial charge in [-0.05, 0) is 25.0 Å². The standard InChI is InChI=1S/C20H19F3N2O2S/c21-20(22,23)16-6-7-17(24-12-16)28-13-18(26)25-10-8-15(9-11-25)19(27)14-4-2-1-3-5-14/h1-7,12,15H,8-11,13H2. The lowest BCUT2D eigenvalue weighted by Crippen LogP contribution is -2.41. The van der Waals surface area contributed by atoms with E-state index in [4.69, 9.17) is 0 Å². The van der Waals surface area contributed by atoms with Gasteiger partial charge in [0, 0.05) is 30.8 Å². The van der Waals surface area contributed by atoms with Crippen molar-refractivity contribution in [2.75, 3.05) is 18.8 Å². The Morgan fingerprint density at radius 3 is 2.32 bits per heavy atom. The first-order valence-electron chi connectivity index (χ1n) is 8.87. The molecule has 1 aromatic carbocycles. The highest BCUT2D eigenvalue weighted by Crippen LogP contribution is 2.29. The average Bonchev–Trinajstić information content (AvgIpc) is 2.72. The van der Waals surface area contributed by atoms with Crippen LogP contribution in [-0.4, -0.2) is 40.4 Å². The van der Waals surface area contributed by atoms with E-state index in [9.17, 15) is 22.8 Å². The smallest absolute Gasteiger partial charge is 0.342 e. The predicted molar refractivity (Wildman–Crippen MR) is 100 cm³/mol. The molecule has 0 unspecified atom stereocenters. The van der Waals surface area contributed by atoms with Gasteiger partial charge in [0.25, 0.3) is 0 Å². The maximum Gasteiger partial charge on any atom is 0.417 e. The Morgan fingerprint density at radius 2 is 1.75 bits per heavy atom. The summed E-state index contributed by atoms with van der Waals surface area (Å²) < 4.78 is 37.6. The molecule has 1 amide bonds. The molecule has 0 radical (unpaired) electrons.